The summed E-state index contributed by atoms with van der Waals surface area (Å²) < 4.78 is 0. The minimum atomic E-state index is 0.582. The van der Waals surface area contributed by atoms with Crippen LogP contribution in [0.3, 0.4) is 0 Å². The van der Waals surface area contributed by atoms with Gasteiger partial charge < -0.3 is 4.98 Å². The highest BCUT2D eigenvalue weighted by Crippen LogP contribution is 2.24. The molecule has 1 heterocycles. The number of hydrogen-bond donors (Lipinski definition) is 1. The smallest absolute Gasteiger partial charge is 0.0923 e. The topological polar surface area (TPSA) is 28.7 Å². The second kappa shape index (κ2) is 4.15. The molecule has 1 aromatic rings. The molecule has 0 aromatic carbocycles. The van der Waals surface area contributed by atoms with Crippen molar-refractivity contribution in [3.63, 3.8) is 0 Å². The zero-order valence-corrected chi connectivity index (χ0v) is 8.16. The molecule has 0 amide bonds. The number of hydrogen-bond acceptors (Lipinski definition) is 1. The van der Waals surface area contributed by atoms with Crippen molar-refractivity contribution in [3.8, 4) is 12.3 Å². The van der Waals surface area contributed by atoms with E-state index in [-0.39, 0.29) is 0 Å². The second-order valence-electron chi connectivity index (χ2n) is 3.75. The van der Waals surface area contributed by atoms with Gasteiger partial charge in [0.25, 0.3) is 0 Å². The Bertz CT molecular complexity index is 354. The van der Waals surface area contributed by atoms with Gasteiger partial charge in [-0.2, -0.15) is 0 Å². The lowest BCUT2D eigenvalue weighted by molar-refractivity contribution is 0.527. The van der Waals surface area contributed by atoms with Crippen LogP contribution in [-0.4, -0.2) is 9.97 Å². The van der Waals surface area contributed by atoms with Crippen molar-refractivity contribution in [2.45, 2.75) is 25.7 Å². The monoisotopic (exact) mass is 186 g/mol. The molecule has 2 heteroatoms. The van der Waals surface area contributed by atoms with Gasteiger partial charge in [0, 0.05) is 6.20 Å². The maximum Gasteiger partial charge on any atom is 0.0923 e. The van der Waals surface area contributed by atoms with Gasteiger partial charge in [0.2, 0.25) is 0 Å². The molecule has 1 N–H and O–H groups in total. The first-order valence-electron chi connectivity index (χ1n) is 5.03. The SMILES string of the molecule is C#CC1=CC(Cc2c[nH]cn2)CCC1. The fraction of sp³-hybridized carbons (Fsp3) is 0.417. The van der Waals surface area contributed by atoms with Gasteiger partial charge in [-0.1, -0.05) is 12.0 Å². The molecule has 1 aromatic heterocycles. The summed E-state index contributed by atoms with van der Waals surface area (Å²) >= 11 is 0. The van der Waals surface area contributed by atoms with Crippen LogP contribution in [0.1, 0.15) is 25.0 Å². The van der Waals surface area contributed by atoms with E-state index < -0.39 is 0 Å². The van der Waals surface area contributed by atoms with Crippen LogP contribution in [0.4, 0.5) is 0 Å². The normalized spacial score (nSPS) is 21.4. The minimum absolute atomic E-state index is 0.582. The minimum Gasteiger partial charge on any atom is -0.351 e. The lowest BCUT2D eigenvalue weighted by Gasteiger charge is -2.17. The Balaban J connectivity index is 2.02. The van der Waals surface area contributed by atoms with Gasteiger partial charge in [0.1, 0.15) is 0 Å². The summed E-state index contributed by atoms with van der Waals surface area (Å²) in [5.74, 6) is 3.33. The van der Waals surface area contributed by atoms with E-state index in [1.165, 1.54) is 12.8 Å². The number of aromatic amines is 1. The molecule has 1 atom stereocenters. The maximum absolute atomic E-state index is 5.40. The molecule has 0 radical (unpaired) electrons. The summed E-state index contributed by atoms with van der Waals surface area (Å²) in [6, 6.07) is 0. The van der Waals surface area contributed by atoms with Crippen LogP contribution in [0.2, 0.25) is 0 Å². The van der Waals surface area contributed by atoms with Crippen LogP contribution in [0, 0.1) is 18.3 Å². The van der Waals surface area contributed by atoms with Crippen molar-refractivity contribution < 1.29 is 0 Å². The highest BCUT2D eigenvalue weighted by molar-refractivity contribution is 5.27. The van der Waals surface area contributed by atoms with E-state index >= 15 is 0 Å². The quantitative estimate of drug-likeness (QED) is 0.705. The molecule has 1 unspecified atom stereocenters. The van der Waals surface area contributed by atoms with Crippen LogP contribution >= 0.6 is 0 Å². The molecule has 1 aliphatic carbocycles. The van der Waals surface area contributed by atoms with Gasteiger partial charge in [0.15, 0.2) is 0 Å². The van der Waals surface area contributed by atoms with E-state index in [2.05, 4.69) is 22.0 Å². The number of nitrogens with zero attached hydrogens (tertiary/aromatic N) is 1. The van der Waals surface area contributed by atoms with Gasteiger partial charge in [-0.05, 0) is 37.2 Å². The third kappa shape index (κ3) is 2.05. The molecular formula is C12H14N2. The molecule has 0 saturated carbocycles. The van der Waals surface area contributed by atoms with Crippen LogP contribution in [-0.2, 0) is 6.42 Å². The summed E-state index contributed by atoms with van der Waals surface area (Å²) in [6.45, 7) is 0. The fourth-order valence-electron chi connectivity index (χ4n) is 1.96. The van der Waals surface area contributed by atoms with Crippen molar-refractivity contribution in [3.05, 3.63) is 29.9 Å². The van der Waals surface area contributed by atoms with Crippen LogP contribution in [0.25, 0.3) is 0 Å². The van der Waals surface area contributed by atoms with Crippen molar-refractivity contribution in [2.75, 3.05) is 0 Å². The summed E-state index contributed by atoms with van der Waals surface area (Å²) in [4.78, 5) is 7.20. The molecule has 2 nitrogen and oxygen atoms in total. The fourth-order valence-corrected chi connectivity index (χ4v) is 1.96. The molecule has 14 heavy (non-hydrogen) atoms. The lowest BCUT2D eigenvalue weighted by Crippen LogP contribution is -2.07. The maximum atomic E-state index is 5.40. The predicted molar refractivity (Wildman–Crippen MR) is 56.5 cm³/mol. The summed E-state index contributed by atoms with van der Waals surface area (Å²) in [5, 5.41) is 0. The molecule has 72 valence electrons. The number of allylic oxidation sites excluding steroid dienone is 2. The lowest BCUT2D eigenvalue weighted by atomic mass is 9.88. The van der Waals surface area contributed by atoms with E-state index in [0.29, 0.717) is 5.92 Å². The zero-order valence-electron chi connectivity index (χ0n) is 8.16. The van der Waals surface area contributed by atoms with Gasteiger partial charge in [-0.25, -0.2) is 4.98 Å². The molecule has 0 aliphatic heterocycles. The highest BCUT2D eigenvalue weighted by Gasteiger charge is 2.13. The summed E-state index contributed by atoms with van der Waals surface area (Å²) in [7, 11) is 0. The van der Waals surface area contributed by atoms with Crippen LogP contribution in [0.5, 0.6) is 0 Å². The average Bonchev–Trinajstić information content (AvgIpc) is 2.71. The van der Waals surface area contributed by atoms with Crippen molar-refractivity contribution in [2.24, 2.45) is 5.92 Å². The van der Waals surface area contributed by atoms with Gasteiger partial charge in [-0.3, -0.25) is 0 Å². The molecule has 0 spiro atoms. The molecular weight excluding hydrogens is 172 g/mol. The summed E-state index contributed by atoms with van der Waals surface area (Å²) in [5.41, 5.74) is 2.29. The van der Waals surface area contributed by atoms with Crippen molar-refractivity contribution in [1.29, 1.82) is 0 Å². The first-order chi connectivity index (χ1) is 6.88. The standard InChI is InChI=1S/C12H14N2/c1-2-10-4-3-5-11(6-10)7-12-8-13-9-14-12/h1,6,8-9,11H,3-5,7H2,(H,13,14). The van der Waals surface area contributed by atoms with Gasteiger partial charge in [-0.15, -0.1) is 6.42 Å². The number of nitrogens with one attached hydrogen (secondary N) is 1. The van der Waals surface area contributed by atoms with Gasteiger partial charge in [0.05, 0.1) is 12.0 Å². The Morgan fingerprint density at radius 3 is 3.29 bits per heavy atom. The Kier molecular flexibility index (Phi) is 2.69. The number of aromatic nitrogens is 2. The van der Waals surface area contributed by atoms with E-state index in [1.807, 2.05) is 6.20 Å². The third-order valence-corrected chi connectivity index (χ3v) is 2.67. The number of imidazole rings is 1. The summed E-state index contributed by atoms with van der Waals surface area (Å²) in [6.07, 6.45) is 15.8. The molecule has 0 fully saturated rings. The van der Waals surface area contributed by atoms with E-state index in [4.69, 9.17) is 6.42 Å². The van der Waals surface area contributed by atoms with Crippen LogP contribution < -0.4 is 0 Å². The van der Waals surface area contributed by atoms with Gasteiger partial charge >= 0.3 is 0 Å². The third-order valence-electron chi connectivity index (χ3n) is 2.67. The number of rotatable bonds is 2. The van der Waals surface area contributed by atoms with Crippen molar-refractivity contribution >= 4 is 0 Å². The Morgan fingerprint density at radius 2 is 2.57 bits per heavy atom. The van der Waals surface area contributed by atoms with E-state index in [1.54, 1.807) is 6.33 Å². The number of H-pyrrole nitrogens is 1. The average molecular weight is 186 g/mol. The molecule has 0 saturated heterocycles. The number of terminal acetylenes is 1. The Labute approximate surface area is 84.4 Å². The van der Waals surface area contributed by atoms with Crippen molar-refractivity contribution in [1.82, 2.24) is 9.97 Å². The van der Waals surface area contributed by atoms with E-state index in [9.17, 15) is 0 Å². The highest BCUT2D eigenvalue weighted by atomic mass is 14.9. The molecule has 0 bridgehead atoms. The predicted octanol–water partition coefficient (Wildman–Crippen LogP) is 2.31. The Hall–Kier alpha value is -1.49. The Morgan fingerprint density at radius 1 is 1.64 bits per heavy atom. The first-order valence-corrected chi connectivity index (χ1v) is 5.03. The zero-order chi connectivity index (χ0) is 9.80. The molecule has 2 rings (SSSR count). The largest absolute Gasteiger partial charge is 0.351 e. The first kappa shape index (κ1) is 9.08. The van der Waals surface area contributed by atoms with Crippen LogP contribution in [0.15, 0.2) is 24.2 Å². The second-order valence-corrected chi connectivity index (χ2v) is 3.75. The molecule has 1 aliphatic rings. The van der Waals surface area contributed by atoms with E-state index in [0.717, 1.165) is 24.1 Å².